The third-order valence-electron chi connectivity index (χ3n) is 3.08. The van der Waals surface area contributed by atoms with Gasteiger partial charge in [-0.05, 0) is 24.6 Å². The summed E-state index contributed by atoms with van der Waals surface area (Å²) >= 11 is 0. The monoisotopic (exact) mass is 252 g/mol. The molecule has 5 heteroatoms. The zero-order valence-electron chi connectivity index (χ0n) is 10.4. The standard InChI is InChI=1S/C13H16O5/c1-13(8-16-2,12(14)15)9-3-4-10-11(7-9)18-6-5-17-10/h3-4,7H,5-6,8H2,1-2H3,(H,14,15). The SMILES string of the molecule is COCC(C)(C(=O)O)c1ccc2c(c1)OCCO2. The number of methoxy groups -OCH3 is 1. The van der Waals surface area contributed by atoms with Crippen molar-refractivity contribution in [2.24, 2.45) is 0 Å². The van der Waals surface area contributed by atoms with Crippen LogP contribution in [0.2, 0.25) is 0 Å². The molecule has 0 saturated carbocycles. The van der Waals surface area contributed by atoms with E-state index in [-0.39, 0.29) is 6.61 Å². The molecule has 5 nitrogen and oxygen atoms in total. The molecule has 0 aliphatic carbocycles. The third kappa shape index (κ3) is 2.13. The van der Waals surface area contributed by atoms with Crippen molar-refractivity contribution in [2.45, 2.75) is 12.3 Å². The fourth-order valence-corrected chi connectivity index (χ4v) is 1.94. The Morgan fingerprint density at radius 1 is 1.39 bits per heavy atom. The minimum Gasteiger partial charge on any atom is -0.486 e. The van der Waals surface area contributed by atoms with E-state index in [4.69, 9.17) is 14.2 Å². The smallest absolute Gasteiger partial charge is 0.316 e. The molecule has 0 bridgehead atoms. The maximum absolute atomic E-state index is 11.4. The molecule has 1 unspecified atom stereocenters. The van der Waals surface area contributed by atoms with E-state index in [9.17, 15) is 9.90 Å². The quantitative estimate of drug-likeness (QED) is 0.878. The van der Waals surface area contributed by atoms with Gasteiger partial charge >= 0.3 is 5.97 Å². The van der Waals surface area contributed by atoms with Gasteiger partial charge in [-0.25, -0.2) is 0 Å². The summed E-state index contributed by atoms with van der Waals surface area (Å²) in [6.45, 7) is 2.72. The van der Waals surface area contributed by atoms with Crippen LogP contribution in [-0.2, 0) is 14.9 Å². The molecule has 0 aromatic heterocycles. The average Bonchev–Trinajstić information content (AvgIpc) is 2.38. The lowest BCUT2D eigenvalue weighted by atomic mass is 9.83. The summed E-state index contributed by atoms with van der Waals surface area (Å²) in [5.74, 6) is 0.304. The van der Waals surface area contributed by atoms with Crippen molar-refractivity contribution in [1.82, 2.24) is 0 Å². The second kappa shape index (κ2) is 4.86. The van der Waals surface area contributed by atoms with E-state index in [1.165, 1.54) is 7.11 Å². The third-order valence-corrected chi connectivity index (χ3v) is 3.08. The Balaban J connectivity index is 2.39. The molecule has 0 fully saturated rings. The van der Waals surface area contributed by atoms with Crippen molar-refractivity contribution in [3.8, 4) is 11.5 Å². The van der Waals surface area contributed by atoms with Crippen LogP contribution in [0, 0.1) is 0 Å². The molecule has 0 saturated heterocycles. The van der Waals surface area contributed by atoms with Gasteiger partial charge in [0, 0.05) is 7.11 Å². The zero-order chi connectivity index (χ0) is 13.2. The van der Waals surface area contributed by atoms with Gasteiger partial charge in [0.05, 0.1) is 6.61 Å². The molecule has 2 rings (SSSR count). The Hall–Kier alpha value is -1.75. The number of hydrogen-bond acceptors (Lipinski definition) is 4. The molecular weight excluding hydrogens is 236 g/mol. The number of ether oxygens (including phenoxy) is 3. The number of carboxylic acids is 1. The molecule has 0 amide bonds. The lowest BCUT2D eigenvalue weighted by molar-refractivity contribution is -0.145. The molecule has 1 aromatic rings. The molecule has 18 heavy (non-hydrogen) atoms. The lowest BCUT2D eigenvalue weighted by Gasteiger charge is -2.26. The first-order valence-corrected chi connectivity index (χ1v) is 5.70. The fourth-order valence-electron chi connectivity index (χ4n) is 1.94. The minimum atomic E-state index is -1.09. The molecular formula is C13H16O5. The highest BCUT2D eigenvalue weighted by Gasteiger charge is 2.36. The van der Waals surface area contributed by atoms with Crippen LogP contribution in [0.1, 0.15) is 12.5 Å². The maximum atomic E-state index is 11.4. The first kappa shape index (κ1) is 12.7. The van der Waals surface area contributed by atoms with Gasteiger partial charge in [0.15, 0.2) is 11.5 Å². The highest BCUT2D eigenvalue weighted by atomic mass is 16.6. The van der Waals surface area contributed by atoms with Crippen molar-refractivity contribution < 1.29 is 24.1 Å². The fraction of sp³-hybridized carbons (Fsp3) is 0.462. The van der Waals surface area contributed by atoms with E-state index in [1.807, 2.05) is 0 Å². The number of hydrogen-bond donors (Lipinski definition) is 1. The summed E-state index contributed by atoms with van der Waals surface area (Å²) in [7, 11) is 1.49. The van der Waals surface area contributed by atoms with Crippen LogP contribution < -0.4 is 9.47 Å². The molecule has 0 radical (unpaired) electrons. The van der Waals surface area contributed by atoms with Gasteiger partial charge in [0.2, 0.25) is 0 Å². The normalized spacial score (nSPS) is 17.0. The Kier molecular flexibility index (Phi) is 3.43. The van der Waals surface area contributed by atoms with Gasteiger partial charge in [-0.15, -0.1) is 0 Å². The van der Waals surface area contributed by atoms with Crippen molar-refractivity contribution in [3.63, 3.8) is 0 Å². The van der Waals surface area contributed by atoms with E-state index in [2.05, 4.69) is 0 Å². The Morgan fingerprint density at radius 3 is 2.67 bits per heavy atom. The molecule has 0 spiro atoms. The molecule has 98 valence electrons. The van der Waals surface area contributed by atoms with Crippen molar-refractivity contribution in [3.05, 3.63) is 23.8 Å². The summed E-state index contributed by atoms with van der Waals surface area (Å²) in [4.78, 5) is 11.4. The lowest BCUT2D eigenvalue weighted by Crippen LogP contribution is -2.37. The average molecular weight is 252 g/mol. The maximum Gasteiger partial charge on any atom is 0.316 e. The van der Waals surface area contributed by atoms with E-state index < -0.39 is 11.4 Å². The van der Waals surface area contributed by atoms with Crippen LogP contribution in [0.5, 0.6) is 11.5 Å². The summed E-state index contributed by atoms with van der Waals surface area (Å²) < 4.78 is 15.9. The highest BCUT2D eigenvalue weighted by molar-refractivity contribution is 5.81. The Labute approximate surface area is 105 Å². The molecule has 1 aromatic carbocycles. The van der Waals surface area contributed by atoms with Crippen molar-refractivity contribution >= 4 is 5.97 Å². The molecule has 1 heterocycles. The van der Waals surface area contributed by atoms with Crippen LogP contribution >= 0.6 is 0 Å². The second-order valence-corrected chi connectivity index (χ2v) is 4.43. The minimum absolute atomic E-state index is 0.0992. The molecule has 1 aliphatic rings. The van der Waals surface area contributed by atoms with Crippen molar-refractivity contribution in [2.75, 3.05) is 26.9 Å². The predicted molar refractivity (Wildman–Crippen MR) is 64.3 cm³/mol. The van der Waals surface area contributed by atoms with Gasteiger partial charge in [0.25, 0.3) is 0 Å². The van der Waals surface area contributed by atoms with Crippen LogP contribution in [0.3, 0.4) is 0 Å². The first-order chi connectivity index (χ1) is 8.58. The van der Waals surface area contributed by atoms with Gasteiger partial charge in [-0.2, -0.15) is 0 Å². The van der Waals surface area contributed by atoms with E-state index in [0.29, 0.717) is 30.3 Å². The van der Waals surface area contributed by atoms with Crippen LogP contribution in [0.15, 0.2) is 18.2 Å². The summed E-state index contributed by atoms with van der Waals surface area (Å²) in [6.07, 6.45) is 0. The van der Waals surface area contributed by atoms with Crippen molar-refractivity contribution in [1.29, 1.82) is 0 Å². The van der Waals surface area contributed by atoms with E-state index in [0.717, 1.165) is 0 Å². The predicted octanol–water partition coefficient (Wildman–Crippen LogP) is 1.45. The van der Waals surface area contributed by atoms with Crippen LogP contribution in [0.4, 0.5) is 0 Å². The number of benzene rings is 1. The second-order valence-electron chi connectivity index (χ2n) is 4.43. The van der Waals surface area contributed by atoms with Crippen LogP contribution in [0.25, 0.3) is 0 Å². The number of carboxylic acid groups (broad SMARTS) is 1. The van der Waals surface area contributed by atoms with Gasteiger partial charge in [0.1, 0.15) is 18.6 Å². The summed E-state index contributed by atoms with van der Waals surface area (Å²) in [6, 6.07) is 5.18. The first-order valence-electron chi connectivity index (χ1n) is 5.70. The van der Waals surface area contributed by atoms with Gasteiger partial charge in [-0.3, -0.25) is 4.79 Å². The van der Waals surface area contributed by atoms with Gasteiger partial charge in [-0.1, -0.05) is 6.07 Å². The molecule has 1 atom stereocenters. The topological polar surface area (TPSA) is 65.0 Å². The Morgan fingerprint density at radius 2 is 2.06 bits per heavy atom. The molecule has 1 N–H and O–H groups in total. The largest absolute Gasteiger partial charge is 0.486 e. The summed E-state index contributed by atoms with van der Waals surface area (Å²) in [5.41, 5.74) is -0.453. The van der Waals surface area contributed by atoms with Gasteiger partial charge < -0.3 is 19.3 Å². The number of carbonyl (C=O) groups is 1. The van der Waals surface area contributed by atoms with Crippen LogP contribution in [-0.4, -0.2) is 38.0 Å². The Bertz CT molecular complexity index is 457. The zero-order valence-corrected chi connectivity index (χ0v) is 10.4. The number of aliphatic carboxylic acids is 1. The summed E-state index contributed by atoms with van der Waals surface area (Å²) in [5, 5.41) is 9.37. The van der Waals surface area contributed by atoms with E-state index in [1.54, 1.807) is 25.1 Å². The molecule has 1 aliphatic heterocycles. The highest BCUT2D eigenvalue weighted by Crippen LogP contribution is 2.35. The van der Waals surface area contributed by atoms with E-state index >= 15 is 0 Å². The number of fused-ring (bicyclic) bond motifs is 1. The number of rotatable bonds is 4.